The quantitative estimate of drug-likeness (QED) is 0.938. The van der Waals surface area contributed by atoms with Crippen molar-refractivity contribution in [3.63, 3.8) is 0 Å². The molecule has 9 heteroatoms. The lowest BCUT2D eigenvalue weighted by Gasteiger charge is -2.30. The van der Waals surface area contributed by atoms with Crippen LogP contribution in [0.4, 0.5) is 19.0 Å². The average Bonchev–Trinajstić information content (AvgIpc) is 3.26. The highest BCUT2D eigenvalue weighted by molar-refractivity contribution is 5.44. The molecule has 1 saturated heterocycles. The number of nitrogens with zero attached hydrogens (tertiary/aromatic N) is 4. The van der Waals surface area contributed by atoms with Gasteiger partial charge in [-0.15, -0.1) is 15.3 Å². The van der Waals surface area contributed by atoms with E-state index in [-0.39, 0.29) is 17.8 Å². The lowest BCUT2D eigenvalue weighted by Crippen LogP contribution is -2.35. The molecule has 1 N–H and O–H groups in total. The van der Waals surface area contributed by atoms with Crippen LogP contribution >= 0.6 is 0 Å². The highest BCUT2D eigenvalue weighted by Crippen LogP contribution is 2.38. The molecule has 23 heavy (non-hydrogen) atoms. The van der Waals surface area contributed by atoms with Crippen molar-refractivity contribution in [2.24, 2.45) is 5.92 Å². The van der Waals surface area contributed by atoms with E-state index in [0.717, 1.165) is 17.4 Å². The van der Waals surface area contributed by atoms with E-state index in [1.807, 2.05) is 0 Å². The summed E-state index contributed by atoms with van der Waals surface area (Å²) in [6.45, 7) is 0.668. The van der Waals surface area contributed by atoms with E-state index in [4.69, 9.17) is 4.74 Å². The summed E-state index contributed by atoms with van der Waals surface area (Å²) in [6, 6.07) is 3.27. The lowest BCUT2D eigenvalue weighted by molar-refractivity contribution is -0.146. The monoisotopic (exact) mass is 327 g/mol. The maximum absolute atomic E-state index is 12.9. The van der Waals surface area contributed by atoms with Gasteiger partial charge in [0.25, 0.3) is 5.82 Å². The van der Waals surface area contributed by atoms with Crippen molar-refractivity contribution in [3.05, 3.63) is 18.0 Å². The van der Waals surface area contributed by atoms with Gasteiger partial charge in [0.1, 0.15) is 5.82 Å². The number of nitrogens with one attached hydrogen (secondary N) is 1. The Balaban J connectivity index is 1.54. The summed E-state index contributed by atoms with van der Waals surface area (Å²) in [5, 5.41) is 13.9. The molecule has 2 fully saturated rings. The second-order valence-corrected chi connectivity index (χ2v) is 6.12. The van der Waals surface area contributed by atoms with Crippen molar-refractivity contribution < 1.29 is 17.9 Å². The van der Waals surface area contributed by atoms with E-state index >= 15 is 0 Å². The molecule has 1 aliphatic heterocycles. The number of fused-ring (bicyclic) bond motifs is 1. The fraction of sp³-hybridized carbons (Fsp3) is 0.643. The molecular formula is C14H16F3N5O. The number of hydrogen-bond donors (Lipinski definition) is 1. The first kappa shape index (κ1) is 14.7. The largest absolute Gasteiger partial charge is 0.453 e. The summed E-state index contributed by atoms with van der Waals surface area (Å²) in [7, 11) is 0. The first-order valence-electron chi connectivity index (χ1n) is 7.68. The third-order valence-corrected chi connectivity index (χ3v) is 4.33. The van der Waals surface area contributed by atoms with E-state index in [1.54, 1.807) is 6.07 Å². The Morgan fingerprint density at radius 3 is 2.74 bits per heavy atom. The van der Waals surface area contributed by atoms with Crippen LogP contribution in [-0.2, 0) is 10.9 Å². The van der Waals surface area contributed by atoms with Crippen molar-refractivity contribution in [3.8, 4) is 0 Å². The summed E-state index contributed by atoms with van der Waals surface area (Å²) < 4.78 is 45.2. The molecule has 0 radical (unpaired) electrons. The Morgan fingerprint density at radius 2 is 2.00 bits per heavy atom. The van der Waals surface area contributed by atoms with Crippen LogP contribution in [0.25, 0.3) is 5.65 Å². The van der Waals surface area contributed by atoms with E-state index in [0.29, 0.717) is 18.3 Å². The summed E-state index contributed by atoms with van der Waals surface area (Å²) in [5.74, 6) is -0.0760. The molecule has 3 heterocycles. The number of anilines is 1. The Labute approximate surface area is 130 Å². The third-order valence-electron chi connectivity index (χ3n) is 4.33. The minimum Gasteiger partial charge on any atom is -0.378 e. The van der Waals surface area contributed by atoms with Crippen molar-refractivity contribution in [2.45, 2.75) is 44.0 Å². The maximum atomic E-state index is 12.9. The van der Waals surface area contributed by atoms with Crippen LogP contribution in [0.5, 0.6) is 0 Å². The Kier molecular flexibility index (Phi) is 3.40. The minimum atomic E-state index is -4.58. The van der Waals surface area contributed by atoms with Crippen molar-refractivity contribution >= 4 is 11.5 Å². The van der Waals surface area contributed by atoms with Crippen LogP contribution in [0.1, 0.15) is 31.5 Å². The third kappa shape index (κ3) is 2.97. The molecular weight excluding hydrogens is 311 g/mol. The minimum absolute atomic E-state index is 0.0747. The Morgan fingerprint density at radius 1 is 1.17 bits per heavy atom. The molecule has 6 nitrogen and oxygen atoms in total. The van der Waals surface area contributed by atoms with Gasteiger partial charge in [-0.2, -0.15) is 17.7 Å². The SMILES string of the molecule is FC(F)(F)c1nnc2ccc(NC3CCOC(C4CC4)C3)nn12. The van der Waals surface area contributed by atoms with Crippen molar-refractivity contribution in [2.75, 3.05) is 11.9 Å². The van der Waals surface area contributed by atoms with Crippen LogP contribution < -0.4 is 5.32 Å². The molecule has 0 aromatic carbocycles. The Hall–Kier alpha value is -1.90. The van der Waals surface area contributed by atoms with Gasteiger partial charge < -0.3 is 10.1 Å². The maximum Gasteiger partial charge on any atom is 0.453 e. The van der Waals surface area contributed by atoms with Gasteiger partial charge >= 0.3 is 6.18 Å². The van der Waals surface area contributed by atoms with Crippen LogP contribution in [0.15, 0.2) is 12.1 Å². The fourth-order valence-electron chi connectivity index (χ4n) is 3.01. The van der Waals surface area contributed by atoms with Gasteiger partial charge in [0, 0.05) is 12.6 Å². The molecule has 2 aliphatic rings. The number of rotatable bonds is 3. The highest BCUT2D eigenvalue weighted by atomic mass is 19.4. The average molecular weight is 327 g/mol. The van der Waals surface area contributed by atoms with Crippen LogP contribution in [-0.4, -0.2) is 38.6 Å². The smallest absolute Gasteiger partial charge is 0.378 e. The van der Waals surface area contributed by atoms with E-state index in [1.165, 1.54) is 18.9 Å². The van der Waals surface area contributed by atoms with Gasteiger partial charge in [-0.3, -0.25) is 0 Å². The zero-order chi connectivity index (χ0) is 16.0. The topological polar surface area (TPSA) is 64.3 Å². The van der Waals surface area contributed by atoms with E-state index < -0.39 is 12.0 Å². The molecule has 0 amide bonds. The second-order valence-electron chi connectivity index (χ2n) is 6.12. The molecule has 1 saturated carbocycles. The molecule has 1 aliphatic carbocycles. The summed E-state index contributed by atoms with van der Waals surface area (Å²) in [4.78, 5) is 0. The van der Waals surface area contributed by atoms with Gasteiger partial charge in [-0.25, -0.2) is 0 Å². The predicted octanol–water partition coefficient (Wildman–Crippen LogP) is 2.51. The summed E-state index contributed by atoms with van der Waals surface area (Å²) >= 11 is 0. The zero-order valence-electron chi connectivity index (χ0n) is 12.3. The molecule has 124 valence electrons. The predicted molar refractivity (Wildman–Crippen MR) is 74.9 cm³/mol. The fourth-order valence-corrected chi connectivity index (χ4v) is 3.01. The molecule has 2 aromatic heterocycles. The first-order chi connectivity index (χ1) is 11.0. The summed E-state index contributed by atoms with van der Waals surface area (Å²) in [6.07, 6.45) is -0.240. The van der Waals surface area contributed by atoms with E-state index in [2.05, 4.69) is 20.6 Å². The van der Waals surface area contributed by atoms with Crippen molar-refractivity contribution in [1.29, 1.82) is 0 Å². The molecule has 0 bridgehead atoms. The molecule has 2 unspecified atom stereocenters. The number of hydrogen-bond acceptors (Lipinski definition) is 5. The van der Waals surface area contributed by atoms with Gasteiger partial charge in [0.05, 0.1) is 6.10 Å². The van der Waals surface area contributed by atoms with E-state index in [9.17, 15) is 13.2 Å². The molecule has 4 rings (SSSR count). The summed E-state index contributed by atoms with van der Waals surface area (Å²) in [5.41, 5.74) is 0.0747. The zero-order valence-corrected chi connectivity index (χ0v) is 12.3. The molecule has 0 spiro atoms. The molecule has 2 atom stereocenters. The van der Waals surface area contributed by atoms with Gasteiger partial charge in [0.2, 0.25) is 0 Å². The number of halogens is 3. The van der Waals surface area contributed by atoms with Crippen LogP contribution in [0, 0.1) is 5.92 Å². The van der Waals surface area contributed by atoms with Gasteiger partial charge in [0.15, 0.2) is 5.65 Å². The van der Waals surface area contributed by atoms with Crippen LogP contribution in [0.3, 0.4) is 0 Å². The normalized spacial score (nSPS) is 25.7. The van der Waals surface area contributed by atoms with Gasteiger partial charge in [-0.05, 0) is 43.7 Å². The standard InChI is InChI=1S/C14H16F3N5O/c15-14(16,17)13-20-19-12-4-3-11(21-22(12)13)18-9-5-6-23-10(7-9)8-1-2-8/h3-4,8-10H,1-2,5-7H2,(H,18,21). The first-order valence-corrected chi connectivity index (χ1v) is 7.68. The van der Waals surface area contributed by atoms with Crippen LogP contribution in [0.2, 0.25) is 0 Å². The highest BCUT2D eigenvalue weighted by Gasteiger charge is 2.38. The number of alkyl halides is 3. The van der Waals surface area contributed by atoms with Crippen molar-refractivity contribution in [1.82, 2.24) is 19.8 Å². The van der Waals surface area contributed by atoms with Gasteiger partial charge in [-0.1, -0.05) is 0 Å². The molecule has 2 aromatic rings. The lowest BCUT2D eigenvalue weighted by atomic mass is 10.00. The second kappa shape index (κ2) is 5.33. The number of aromatic nitrogens is 4. The Bertz CT molecular complexity index is 712. The number of ether oxygens (including phenoxy) is 1.